The number of carbonyl (C=O) groups excluding carboxylic acids is 3. The van der Waals surface area contributed by atoms with Crippen molar-refractivity contribution in [2.45, 2.75) is 0 Å². The second-order valence-corrected chi connectivity index (χ2v) is 4.03. The fraction of sp³-hybridized carbons (Fsp3) is 0.250. The van der Waals surface area contributed by atoms with Gasteiger partial charge in [0.1, 0.15) is 6.54 Å². The van der Waals surface area contributed by atoms with Gasteiger partial charge >= 0.3 is 0 Å². The van der Waals surface area contributed by atoms with Crippen molar-refractivity contribution in [2.75, 3.05) is 20.6 Å². The standard InChI is InChI=1S/C12H12N2O3/c1-13(2)10(15)7-14-11(16)8-5-3-4-6-9(8)12(14)17/h3-6H,7H2,1-2H3. The lowest BCUT2D eigenvalue weighted by molar-refractivity contribution is -0.128. The Morgan fingerprint density at radius 1 is 1.12 bits per heavy atom. The molecule has 1 aromatic carbocycles. The predicted octanol–water partition coefficient (Wildman–Crippen LogP) is 0.371. The molecule has 1 aliphatic rings. The number of nitrogens with zero attached hydrogens (tertiary/aromatic N) is 2. The summed E-state index contributed by atoms with van der Waals surface area (Å²) in [6, 6.07) is 6.58. The summed E-state index contributed by atoms with van der Waals surface area (Å²) in [5.74, 6) is -1.08. The van der Waals surface area contributed by atoms with Crippen LogP contribution in [0.1, 0.15) is 20.7 Å². The van der Waals surface area contributed by atoms with E-state index >= 15 is 0 Å². The topological polar surface area (TPSA) is 57.7 Å². The van der Waals surface area contributed by atoms with Crippen molar-refractivity contribution >= 4 is 17.7 Å². The number of likely N-dealkylation sites (N-methyl/N-ethyl adjacent to an activating group) is 1. The molecular formula is C12H12N2O3. The van der Waals surface area contributed by atoms with Crippen LogP contribution < -0.4 is 0 Å². The minimum atomic E-state index is -0.402. The first kappa shape index (κ1) is 11.3. The Kier molecular flexibility index (Phi) is 2.67. The maximum atomic E-state index is 11.9. The quantitative estimate of drug-likeness (QED) is 0.692. The molecule has 0 saturated heterocycles. The van der Waals surface area contributed by atoms with Crippen LogP contribution in [0.15, 0.2) is 24.3 Å². The Hall–Kier alpha value is -2.17. The molecule has 1 heterocycles. The van der Waals surface area contributed by atoms with Crippen LogP contribution in [-0.2, 0) is 4.79 Å². The van der Waals surface area contributed by atoms with E-state index in [4.69, 9.17) is 0 Å². The summed E-state index contributed by atoms with van der Waals surface area (Å²) in [6.45, 7) is -0.209. The zero-order valence-electron chi connectivity index (χ0n) is 9.64. The maximum absolute atomic E-state index is 11.9. The van der Waals surface area contributed by atoms with Crippen molar-refractivity contribution in [2.24, 2.45) is 0 Å². The number of fused-ring (bicyclic) bond motifs is 1. The Labute approximate surface area is 98.6 Å². The van der Waals surface area contributed by atoms with Crippen LogP contribution >= 0.6 is 0 Å². The van der Waals surface area contributed by atoms with Crippen molar-refractivity contribution in [3.63, 3.8) is 0 Å². The third kappa shape index (κ3) is 1.80. The Morgan fingerprint density at radius 3 is 2.00 bits per heavy atom. The Bertz CT molecular complexity index is 473. The second-order valence-electron chi connectivity index (χ2n) is 4.03. The molecular weight excluding hydrogens is 220 g/mol. The molecule has 0 bridgehead atoms. The number of carbonyl (C=O) groups is 3. The molecule has 5 heteroatoms. The van der Waals surface area contributed by atoms with Gasteiger partial charge in [-0.15, -0.1) is 0 Å². The van der Waals surface area contributed by atoms with E-state index in [2.05, 4.69) is 0 Å². The van der Waals surface area contributed by atoms with E-state index in [1.165, 1.54) is 4.90 Å². The van der Waals surface area contributed by atoms with Gasteiger partial charge in [-0.2, -0.15) is 0 Å². The van der Waals surface area contributed by atoms with Gasteiger partial charge < -0.3 is 4.90 Å². The molecule has 3 amide bonds. The fourth-order valence-corrected chi connectivity index (χ4v) is 1.66. The van der Waals surface area contributed by atoms with Gasteiger partial charge in [0, 0.05) is 14.1 Å². The minimum absolute atomic E-state index is 0.209. The molecule has 17 heavy (non-hydrogen) atoms. The highest BCUT2D eigenvalue weighted by Crippen LogP contribution is 2.21. The molecule has 1 aromatic rings. The van der Waals surface area contributed by atoms with Crippen LogP contribution in [0.25, 0.3) is 0 Å². The monoisotopic (exact) mass is 232 g/mol. The lowest BCUT2D eigenvalue weighted by Gasteiger charge is -2.16. The maximum Gasteiger partial charge on any atom is 0.262 e. The van der Waals surface area contributed by atoms with E-state index in [1.54, 1.807) is 38.4 Å². The van der Waals surface area contributed by atoms with Gasteiger partial charge in [-0.1, -0.05) is 12.1 Å². The average Bonchev–Trinajstić information content (AvgIpc) is 2.55. The fourth-order valence-electron chi connectivity index (χ4n) is 1.66. The van der Waals surface area contributed by atoms with E-state index in [0.717, 1.165) is 4.90 Å². The van der Waals surface area contributed by atoms with Gasteiger partial charge in [0.05, 0.1) is 11.1 Å². The molecule has 88 valence electrons. The smallest absolute Gasteiger partial charge is 0.262 e. The molecule has 1 aliphatic heterocycles. The van der Waals surface area contributed by atoms with E-state index < -0.39 is 11.8 Å². The summed E-state index contributed by atoms with van der Waals surface area (Å²) in [4.78, 5) is 37.6. The van der Waals surface area contributed by atoms with Crippen molar-refractivity contribution < 1.29 is 14.4 Å². The normalized spacial score (nSPS) is 13.9. The van der Waals surface area contributed by atoms with Crippen LogP contribution in [0.2, 0.25) is 0 Å². The highest BCUT2D eigenvalue weighted by molar-refractivity contribution is 6.22. The van der Waals surface area contributed by atoms with Crippen LogP contribution in [0.3, 0.4) is 0 Å². The number of imide groups is 1. The average molecular weight is 232 g/mol. The van der Waals surface area contributed by atoms with Crippen molar-refractivity contribution in [3.8, 4) is 0 Å². The van der Waals surface area contributed by atoms with Gasteiger partial charge in [0.25, 0.3) is 11.8 Å². The Balaban J connectivity index is 2.28. The van der Waals surface area contributed by atoms with Gasteiger partial charge in [-0.3, -0.25) is 19.3 Å². The zero-order chi connectivity index (χ0) is 12.6. The second kappa shape index (κ2) is 4.01. The number of benzene rings is 1. The molecule has 0 saturated carbocycles. The number of amides is 3. The third-order valence-corrected chi connectivity index (χ3v) is 2.67. The molecule has 0 aromatic heterocycles. The van der Waals surface area contributed by atoms with Crippen LogP contribution in [-0.4, -0.2) is 48.2 Å². The molecule has 0 spiro atoms. The Morgan fingerprint density at radius 2 is 1.59 bits per heavy atom. The lowest BCUT2D eigenvalue weighted by Crippen LogP contribution is -2.39. The molecule has 0 radical (unpaired) electrons. The predicted molar refractivity (Wildman–Crippen MR) is 60.5 cm³/mol. The SMILES string of the molecule is CN(C)C(=O)CN1C(=O)c2ccccc2C1=O. The largest absolute Gasteiger partial charge is 0.347 e. The van der Waals surface area contributed by atoms with Gasteiger partial charge in [-0.25, -0.2) is 0 Å². The molecule has 0 N–H and O–H groups in total. The zero-order valence-corrected chi connectivity index (χ0v) is 9.64. The summed E-state index contributed by atoms with van der Waals surface area (Å²) in [5, 5.41) is 0. The van der Waals surface area contributed by atoms with E-state index in [0.29, 0.717) is 11.1 Å². The van der Waals surface area contributed by atoms with Crippen molar-refractivity contribution in [1.82, 2.24) is 9.80 Å². The summed E-state index contributed by atoms with van der Waals surface area (Å²) in [6.07, 6.45) is 0. The molecule has 0 aliphatic carbocycles. The number of hydrogen-bond donors (Lipinski definition) is 0. The molecule has 0 fully saturated rings. The minimum Gasteiger partial charge on any atom is -0.347 e. The number of rotatable bonds is 2. The molecule has 0 atom stereocenters. The molecule has 2 rings (SSSR count). The van der Waals surface area contributed by atoms with Gasteiger partial charge in [-0.05, 0) is 12.1 Å². The van der Waals surface area contributed by atoms with Crippen molar-refractivity contribution in [1.29, 1.82) is 0 Å². The number of hydrogen-bond acceptors (Lipinski definition) is 3. The summed E-state index contributed by atoms with van der Waals surface area (Å²) >= 11 is 0. The van der Waals surface area contributed by atoms with Gasteiger partial charge in [0.15, 0.2) is 0 Å². The summed E-state index contributed by atoms with van der Waals surface area (Å²) in [7, 11) is 3.17. The highest BCUT2D eigenvalue weighted by atomic mass is 16.2. The highest BCUT2D eigenvalue weighted by Gasteiger charge is 2.36. The van der Waals surface area contributed by atoms with E-state index in [-0.39, 0.29) is 12.5 Å². The van der Waals surface area contributed by atoms with Crippen LogP contribution in [0.4, 0.5) is 0 Å². The molecule has 0 unspecified atom stereocenters. The lowest BCUT2D eigenvalue weighted by atomic mass is 10.1. The first-order chi connectivity index (χ1) is 8.02. The van der Waals surface area contributed by atoms with E-state index in [9.17, 15) is 14.4 Å². The summed E-state index contributed by atoms with van der Waals surface area (Å²) in [5.41, 5.74) is 0.730. The van der Waals surface area contributed by atoms with E-state index in [1.807, 2.05) is 0 Å². The van der Waals surface area contributed by atoms with Gasteiger partial charge in [0.2, 0.25) is 5.91 Å². The first-order valence-electron chi connectivity index (χ1n) is 5.17. The van der Waals surface area contributed by atoms with Crippen LogP contribution in [0, 0.1) is 0 Å². The third-order valence-electron chi connectivity index (χ3n) is 2.67. The molecule has 5 nitrogen and oxygen atoms in total. The van der Waals surface area contributed by atoms with Crippen LogP contribution in [0.5, 0.6) is 0 Å². The first-order valence-corrected chi connectivity index (χ1v) is 5.17. The summed E-state index contributed by atoms with van der Waals surface area (Å²) < 4.78 is 0. The van der Waals surface area contributed by atoms with Crippen molar-refractivity contribution in [3.05, 3.63) is 35.4 Å².